The molecule has 0 bridgehead atoms. The first-order chi connectivity index (χ1) is 10.5. The van der Waals surface area contributed by atoms with Gasteiger partial charge < -0.3 is 0 Å². The maximum atomic E-state index is 12.7. The summed E-state index contributed by atoms with van der Waals surface area (Å²) < 4.78 is 29.0. The van der Waals surface area contributed by atoms with E-state index in [1.165, 1.54) is 0 Å². The molecule has 0 saturated carbocycles. The van der Waals surface area contributed by atoms with Crippen molar-refractivity contribution in [1.82, 2.24) is 4.98 Å². The maximum Gasteiger partial charge on any atom is 0.262 e. The van der Waals surface area contributed by atoms with Crippen LogP contribution in [0.3, 0.4) is 0 Å². The molecule has 0 radical (unpaired) electrons. The number of aryl methyl sites for hydroxylation is 1. The number of halogens is 1. The molecule has 1 aromatic heterocycles. The molecule has 0 fully saturated rings. The number of nitrogens with one attached hydrogen (secondary N) is 1. The molecule has 3 aromatic rings. The van der Waals surface area contributed by atoms with E-state index in [1.807, 2.05) is 19.1 Å². The molecule has 0 saturated heterocycles. The number of nitrogens with zero attached hydrogens (tertiary/aromatic N) is 1. The topological polar surface area (TPSA) is 59.1 Å². The second-order valence-corrected chi connectivity index (χ2v) is 7.48. The summed E-state index contributed by atoms with van der Waals surface area (Å²) in [7, 11) is -3.67. The zero-order valence-electron chi connectivity index (χ0n) is 11.7. The molecule has 112 valence electrons. The van der Waals surface area contributed by atoms with Gasteiger partial charge in [0.15, 0.2) is 0 Å². The molecular formula is C16H13BrN2O2S. The zero-order valence-corrected chi connectivity index (χ0v) is 14.1. The molecule has 0 atom stereocenters. The van der Waals surface area contributed by atoms with E-state index in [4.69, 9.17) is 0 Å². The third-order valence-corrected chi connectivity index (χ3v) is 5.28. The van der Waals surface area contributed by atoms with Gasteiger partial charge in [-0.05, 0) is 42.8 Å². The van der Waals surface area contributed by atoms with Crippen LogP contribution in [0.5, 0.6) is 0 Å². The van der Waals surface area contributed by atoms with Gasteiger partial charge in [0.25, 0.3) is 10.0 Å². The molecule has 6 heteroatoms. The molecule has 0 aliphatic carbocycles. The van der Waals surface area contributed by atoms with Gasteiger partial charge in [-0.25, -0.2) is 8.42 Å². The second-order valence-electron chi connectivity index (χ2n) is 4.92. The fourth-order valence-corrected chi connectivity index (χ4v) is 4.11. The van der Waals surface area contributed by atoms with E-state index < -0.39 is 10.0 Å². The monoisotopic (exact) mass is 376 g/mol. The molecule has 0 aliphatic heterocycles. The van der Waals surface area contributed by atoms with E-state index in [2.05, 4.69) is 25.6 Å². The Morgan fingerprint density at radius 1 is 1.14 bits per heavy atom. The highest BCUT2D eigenvalue weighted by molar-refractivity contribution is 9.10. The van der Waals surface area contributed by atoms with Gasteiger partial charge >= 0.3 is 0 Å². The summed E-state index contributed by atoms with van der Waals surface area (Å²) in [4.78, 5) is 4.27. The Morgan fingerprint density at radius 3 is 2.73 bits per heavy atom. The normalized spacial score (nSPS) is 11.5. The number of pyridine rings is 1. The Bertz CT molecular complexity index is 950. The van der Waals surface area contributed by atoms with Gasteiger partial charge in [0.2, 0.25) is 0 Å². The predicted molar refractivity (Wildman–Crippen MR) is 91.4 cm³/mol. The summed E-state index contributed by atoms with van der Waals surface area (Å²) in [5.74, 6) is 0. The van der Waals surface area contributed by atoms with Crippen LogP contribution in [0.1, 0.15) is 5.56 Å². The van der Waals surface area contributed by atoms with E-state index >= 15 is 0 Å². The van der Waals surface area contributed by atoms with Gasteiger partial charge in [0, 0.05) is 27.6 Å². The highest BCUT2D eigenvalue weighted by Gasteiger charge is 2.18. The Morgan fingerprint density at radius 2 is 1.95 bits per heavy atom. The average molecular weight is 377 g/mol. The van der Waals surface area contributed by atoms with Crippen LogP contribution < -0.4 is 4.72 Å². The molecule has 4 nitrogen and oxygen atoms in total. The molecule has 0 spiro atoms. The number of benzene rings is 2. The summed E-state index contributed by atoms with van der Waals surface area (Å²) in [6.07, 6.45) is 3.24. The molecule has 1 heterocycles. The van der Waals surface area contributed by atoms with Gasteiger partial charge in [0.05, 0.1) is 10.6 Å². The van der Waals surface area contributed by atoms with Crippen LogP contribution in [-0.4, -0.2) is 13.4 Å². The quantitative estimate of drug-likeness (QED) is 0.748. The lowest BCUT2D eigenvalue weighted by molar-refractivity contribution is 0.602. The van der Waals surface area contributed by atoms with Crippen molar-refractivity contribution in [3.63, 3.8) is 0 Å². The van der Waals surface area contributed by atoms with E-state index in [9.17, 15) is 8.42 Å². The number of sulfonamides is 1. The Kier molecular flexibility index (Phi) is 3.88. The van der Waals surface area contributed by atoms with Crippen LogP contribution in [0.2, 0.25) is 0 Å². The summed E-state index contributed by atoms with van der Waals surface area (Å²) in [5, 5.41) is 1.44. The van der Waals surface area contributed by atoms with Crippen LogP contribution >= 0.6 is 15.9 Å². The minimum atomic E-state index is -3.67. The van der Waals surface area contributed by atoms with E-state index in [1.54, 1.807) is 42.7 Å². The molecule has 0 aliphatic rings. The summed E-state index contributed by atoms with van der Waals surface area (Å²) >= 11 is 3.37. The molecule has 1 N–H and O–H groups in total. The molecule has 3 rings (SSSR count). The van der Waals surface area contributed by atoms with Crippen molar-refractivity contribution in [2.45, 2.75) is 11.8 Å². The number of hydrogen-bond acceptors (Lipinski definition) is 3. The third-order valence-electron chi connectivity index (χ3n) is 3.36. The minimum absolute atomic E-state index is 0.245. The van der Waals surface area contributed by atoms with Crippen LogP contribution in [0.4, 0.5) is 5.69 Å². The third kappa shape index (κ3) is 2.84. The van der Waals surface area contributed by atoms with Crippen LogP contribution in [0, 0.1) is 6.92 Å². The molecule has 22 heavy (non-hydrogen) atoms. The first-order valence-electron chi connectivity index (χ1n) is 6.59. The molecule has 0 amide bonds. The first-order valence-corrected chi connectivity index (χ1v) is 8.87. The number of rotatable bonds is 3. The fraction of sp³-hybridized carbons (Fsp3) is 0.0625. The Balaban J connectivity index is 2.09. The van der Waals surface area contributed by atoms with Crippen LogP contribution in [-0.2, 0) is 10.0 Å². The minimum Gasteiger partial charge on any atom is -0.279 e. The zero-order chi connectivity index (χ0) is 15.7. The molecule has 0 unspecified atom stereocenters. The van der Waals surface area contributed by atoms with E-state index in [0.717, 1.165) is 15.4 Å². The SMILES string of the molecule is Cc1cc(Br)ccc1NS(=O)(=O)c1cccc2cnccc12. The highest BCUT2D eigenvalue weighted by Crippen LogP contribution is 2.26. The number of fused-ring (bicyclic) bond motifs is 1. The number of aromatic nitrogens is 1. The summed E-state index contributed by atoms with van der Waals surface area (Å²) in [6.45, 7) is 1.86. The largest absolute Gasteiger partial charge is 0.279 e. The number of hydrogen-bond donors (Lipinski definition) is 1. The van der Waals surface area contributed by atoms with Gasteiger partial charge in [-0.3, -0.25) is 9.71 Å². The highest BCUT2D eigenvalue weighted by atomic mass is 79.9. The standard InChI is InChI=1S/C16H13BrN2O2S/c1-11-9-13(17)5-6-15(11)19-22(20,21)16-4-2-3-12-10-18-8-7-14(12)16/h2-10,19H,1H3. The van der Waals surface area contributed by atoms with Crippen LogP contribution in [0.15, 0.2) is 64.2 Å². The van der Waals surface area contributed by atoms with E-state index in [-0.39, 0.29) is 4.90 Å². The lowest BCUT2D eigenvalue weighted by atomic mass is 10.2. The van der Waals surface area contributed by atoms with Gasteiger partial charge in [-0.2, -0.15) is 0 Å². The van der Waals surface area contributed by atoms with Gasteiger partial charge in [-0.15, -0.1) is 0 Å². The van der Waals surface area contributed by atoms with Crippen LogP contribution in [0.25, 0.3) is 10.8 Å². The van der Waals surface area contributed by atoms with Crippen molar-refractivity contribution >= 4 is 42.4 Å². The number of anilines is 1. The van der Waals surface area contributed by atoms with Crippen molar-refractivity contribution in [3.05, 3.63) is 64.9 Å². The van der Waals surface area contributed by atoms with Crippen molar-refractivity contribution in [1.29, 1.82) is 0 Å². The summed E-state index contributed by atoms with van der Waals surface area (Å²) in [6, 6.07) is 12.3. The molecule has 2 aromatic carbocycles. The van der Waals surface area contributed by atoms with Crippen molar-refractivity contribution in [2.24, 2.45) is 0 Å². The second kappa shape index (κ2) is 5.70. The predicted octanol–water partition coefficient (Wildman–Crippen LogP) is 4.11. The summed E-state index contributed by atoms with van der Waals surface area (Å²) in [5.41, 5.74) is 1.41. The van der Waals surface area contributed by atoms with Gasteiger partial charge in [0.1, 0.15) is 0 Å². The lowest BCUT2D eigenvalue weighted by Gasteiger charge is -2.12. The lowest BCUT2D eigenvalue weighted by Crippen LogP contribution is -2.14. The maximum absolute atomic E-state index is 12.7. The average Bonchev–Trinajstić information content (AvgIpc) is 2.49. The Labute approximate surface area is 137 Å². The van der Waals surface area contributed by atoms with Crippen molar-refractivity contribution < 1.29 is 8.42 Å². The molecular weight excluding hydrogens is 364 g/mol. The smallest absolute Gasteiger partial charge is 0.262 e. The van der Waals surface area contributed by atoms with Gasteiger partial charge in [-0.1, -0.05) is 28.1 Å². The van der Waals surface area contributed by atoms with E-state index in [0.29, 0.717) is 11.1 Å². The first kappa shape index (κ1) is 15.0. The van der Waals surface area contributed by atoms with Crippen molar-refractivity contribution in [2.75, 3.05) is 4.72 Å². The van der Waals surface area contributed by atoms with Crippen molar-refractivity contribution in [3.8, 4) is 0 Å². The fourth-order valence-electron chi connectivity index (χ4n) is 2.27. The Hall–Kier alpha value is -1.92.